The Morgan fingerprint density at radius 2 is 2.00 bits per heavy atom. The minimum absolute atomic E-state index is 0.261. The summed E-state index contributed by atoms with van der Waals surface area (Å²) in [7, 11) is 1.62. The van der Waals surface area contributed by atoms with E-state index in [1.165, 1.54) is 28.2 Å². The van der Waals surface area contributed by atoms with Crippen LogP contribution in [0.15, 0.2) is 23.1 Å². The molecule has 0 spiro atoms. The molecule has 0 unspecified atom stereocenters. The van der Waals surface area contributed by atoms with Crippen molar-refractivity contribution in [3.63, 3.8) is 0 Å². The maximum absolute atomic E-state index is 12.4. The molecule has 0 bridgehead atoms. The number of aromatic nitrogens is 1. The maximum Gasteiger partial charge on any atom is 0.256 e. The van der Waals surface area contributed by atoms with Crippen LogP contribution >= 0.6 is 11.3 Å². The molecule has 7 heteroatoms. The lowest BCUT2D eigenvalue weighted by Crippen LogP contribution is -2.21. The first-order chi connectivity index (χ1) is 11.5. The maximum atomic E-state index is 12.4. The number of amides is 2. The third kappa shape index (κ3) is 3.12. The summed E-state index contributed by atoms with van der Waals surface area (Å²) >= 11 is 1.42. The summed E-state index contributed by atoms with van der Waals surface area (Å²) < 4.78 is 1.39. The molecule has 2 amide bonds. The van der Waals surface area contributed by atoms with Gasteiger partial charge in [0.25, 0.3) is 17.4 Å². The van der Waals surface area contributed by atoms with E-state index >= 15 is 0 Å². The number of aryl methyl sites for hydroxylation is 2. The highest BCUT2D eigenvalue weighted by Gasteiger charge is 2.24. The van der Waals surface area contributed by atoms with Gasteiger partial charge in [-0.15, -0.1) is 11.3 Å². The summed E-state index contributed by atoms with van der Waals surface area (Å²) in [6.07, 6.45) is 6.48. The van der Waals surface area contributed by atoms with Crippen molar-refractivity contribution in [2.45, 2.75) is 32.1 Å². The number of primary amides is 1. The van der Waals surface area contributed by atoms with Crippen LogP contribution < -0.4 is 16.6 Å². The van der Waals surface area contributed by atoms with Crippen molar-refractivity contribution < 1.29 is 9.59 Å². The Balaban J connectivity index is 1.94. The Labute approximate surface area is 143 Å². The molecule has 0 aromatic carbocycles. The number of anilines is 1. The second-order valence-electron chi connectivity index (χ2n) is 5.95. The van der Waals surface area contributed by atoms with Gasteiger partial charge in [0.1, 0.15) is 5.00 Å². The standard InChI is InChI=1S/C17H19N3O3S/c1-20-8-7-10(9-13(20)21)16(23)19-17-14(15(18)22)11-5-3-2-4-6-12(11)24-17/h7-9H,2-6H2,1H3,(H2,18,22)(H,19,23). The van der Waals surface area contributed by atoms with E-state index in [0.717, 1.165) is 42.5 Å². The quantitative estimate of drug-likeness (QED) is 0.834. The fourth-order valence-corrected chi connectivity index (χ4v) is 4.25. The molecule has 1 aliphatic rings. The zero-order valence-electron chi connectivity index (χ0n) is 13.4. The topological polar surface area (TPSA) is 94.2 Å². The number of rotatable bonds is 3. The molecule has 1 aliphatic carbocycles. The fourth-order valence-electron chi connectivity index (χ4n) is 2.96. The van der Waals surface area contributed by atoms with Gasteiger partial charge in [-0.05, 0) is 37.3 Å². The van der Waals surface area contributed by atoms with Crippen LogP contribution in [0, 0.1) is 0 Å². The number of hydrogen-bond donors (Lipinski definition) is 2. The van der Waals surface area contributed by atoms with E-state index in [1.54, 1.807) is 13.1 Å². The lowest BCUT2D eigenvalue weighted by molar-refractivity contribution is 0.100. The van der Waals surface area contributed by atoms with Crippen LogP contribution in [0.1, 0.15) is 50.4 Å². The Hall–Kier alpha value is -2.41. The molecule has 3 N–H and O–H groups in total. The molecule has 0 radical (unpaired) electrons. The Morgan fingerprint density at radius 3 is 2.71 bits per heavy atom. The molecule has 2 heterocycles. The molecular weight excluding hydrogens is 326 g/mol. The van der Waals surface area contributed by atoms with E-state index in [-0.39, 0.29) is 11.1 Å². The van der Waals surface area contributed by atoms with Crippen LogP contribution in [0.3, 0.4) is 0 Å². The molecule has 0 atom stereocenters. The first-order valence-electron chi connectivity index (χ1n) is 7.89. The fraction of sp³-hybridized carbons (Fsp3) is 0.353. The predicted octanol–water partition coefficient (Wildman–Crippen LogP) is 2.07. The Kier molecular flexibility index (Phi) is 4.53. The highest BCUT2D eigenvalue weighted by molar-refractivity contribution is 7.17. The number of thiophene rings is 1. The first kappa shape index (κ1) is 16.4. The average Bonchev–Trinajstić information content (AvgIpc) is 2.71. The van der Waals surface area contributed by atoms with Gasteiger partial charge in [-0.2, -0.15) is 0 Å². The molecule has 126 valence electrons. The van der Waals surface area contributed by atoms with Gasteiger partial charge in [-0.25, -0.2) is 0 Å². The van der Waals surface area contributed by atoms with Crippen molar-refractivity contribution in [3.05, 3.63) is 50.3 Å². The van der Waals surface area contributed by atoms with Gasteiger partial charge in [0, 0.05) is 29.8 Å². The van der Waals surface area contributed by atoms with Crippen LogP contribution in [0.5, 0.6) is 0 Å². The lowest BCUT2D eigenvalue weighted by Gasteiger charge is -2.06. The number of pyridine rings is 1. The summed E-state index contributed by atoms with van der Waals surface area (Å²) in [6, 6.07) is 2.84. The molecular formula is C17H19N3O3S. The van der Waals surface area contributed by atoms with Crippen molar-refractivity contribution >= 4 is 28.2 Å². The van der Waals surface area contributed by atoms with Crippen LogP contribution in [0.25, 0.3) is 0 Å². The van der Waals surface area contributed by atoms with Gasteiger partial charge in [-0.1, -0.05) is 6.42 Å². The van der Waals surface area contributed by atoms with Gasteiger partial charge in [0.15, 0.2) is 0 Å². The van der Waals surface area contributed by atoms with Gasteiger partial charge in [0.05, 0.1) is 5.56 Å². The van der Waals surface area contributed by atoms with Crippen LogP contribution in [0.2, 0.25) is 0 Å². The molecule has 2 aromatic heterocycles. The van der Waals surface area contributed by atoms with Gasteiger partial charge in [-0.3, -0.25) is 14.4 Å². The van der Waals surface area contributed by atoms with E-state index in [2.05, 4.69) is 5.32 Å². The highest BCUT2D eigenvalue weighted by Crippen LogP contribution is 2.37. The number of nitrogens with zero attached hydrogens (tertiary/aromatic N) is 1. The van der Waals surface area contributed by atoms with Crippen LogP contribution in [0.4, 0.5) is 5.00 Å². The number of nitrogens with two attached hydrogens (primary N) is 1. The summed E-state index contributed by atoms with van der Waals surface area (Å²) in [4.78, 5) is 37.1. The summed E-state index contributed by atoms with van der Waals surface area (Å²) in [5.74, 6) is -0.930. The Bertz CT molecular complexity index is 866. The normalized spacial score (nSPS) is 13.9. The van der Waals surface area contributed by atoms with E-state index < -0.39 is 11.8 Å². The van der Waals surface area contributed by atoms with Crippen molar-refractivity contribution in [2.24, 2.45) is 12.8 Å². The third-order valence-corrected chi connectivity index (χ3v) is 5.47. The van der Waals surface area contributed by atoms with Gasteiger partial charge >= 0.3 is 0 Å². The highest BCUT2D eigenvalue weighted by atomic mass is 32.1. The first-order valence-corrected chi connectivity index (χ1v) is 8.71. The SMILES string of the molecule is Cn1ccc(C(=O)Nc2sc3c(c2C(N)=O)CCCCC3)cc1=O. The largest absolute Gasteiger partial charge is 0.365 e. The van der Waals surface area contributed by atoms with E-state index in [0.29, 0.717) is 10.6 Å². The second kappa shape index (κ2) is 6.60. The molecule has 0 aliphatic heterocycles. The van der Waals surface area contributed by atoms with E-state index in [4.69, 9.17) is 5.73 Å². The molecule has 6 nitrogen and oxygen atoms in total. The number of fused-ring (bicyclic) bond motifs is 1. The average molecular weight is 345 g/mol. The number of hydrogen-bond acceptors (Lipinski definition) is 4. The minimum atomic E-state index is -0.520. The minimum Gasteiger partial charge on any atom is -0.365 e. The summed E-state index contributed by atoms with van der Waals surface area (Å²) in [5.41, 5.74) is 6.95. The molecule has 0 saturated heterocycles. The smallest absolute Gasteiger partial charge is 0.256 e. The zero-order valence-corrected chi connectivity index (χ0v) is 14.2. The number of carbonyl (C=O) groups is 2. The molecule has 0 fully saturated rings. The second-order valence-corrected chi connectivity index (χ2v) is 7.06. The predicted molar refractivity (Wildman–Crippen MR) is 93.7 cm³/mol. The van der Waals surface area contributed by atoms with Crippen molar-refractivity contribution in [3.8, 4) is 0 Å². The zero-order chi connectivity index (χ0) is 17.3. The molecule has 0 saturated carbocycles. The molecule has 3 rings (SSSR count). The van der Waals surface area contributed by atoms with E-state index in [9.17, 15) is 14.4 Å². The lowest BCUT2D eigenvalue weighted by atomic mass is 10.1. The molecule has 2 aromatic rings. The van der Waals surface area contributed by atoms with Crippen LogP contribution in [-0.2, 0) is 19.9 Å². The number of carbonyl (C=O) groups excluding carboxylic acids is 2. The van der Waals surface area contributed by atoms with Gasteiger partial charge < -0.3 is 15.6 Å². The Morgan fingerprint density at radius 1 is 1.25 bits per heavy atom. The van der Waals surface area contributed by atoms with Crippen molar-refractivity contribution in [1.29, 1.82) is 0 Å². The van der Waals surface area contributed by atoms with Gasteiger partial charge in [0.2, 0.25) is 0 Å². The monoisotopic (exact) mass is 345 g/mol. The van der Waals surface area contributed by atoms with Crippen molar-refractivity contribution in [1.82, 2.24) is 4.57 Å². The summed E-state index contributed by atoms with van der Waals surface area (Å²) in [5, 5.41) is 3.25. The third-order valence-electron chi connectivity index (χ3n) is 4.26. The van der Waals surface area contributed by atoms with Crippen LogP contribution in [-0.4, -0.2) is 16.4 Å². The number of nitrogens with one attached hydrogen (secondary N) is 1. The summed E-state index contributed by atoms with van der Waals surface area (Å²) in [6.45, 7) is 0. The van der Waals surface area contributed by atoms with Crippen molar-refractivity contribution in [2.75, 3.05) is 5.32 Å². The van der Waals surface area contributed by atoms with E-state index in [1.807, 2.05) is 0 Å². The molecule has 24 heavy (non-hydrogen) atoms.